The summed E-state index contributed by atoms with van der Waals surface area (Å²) in [4.78, 5) is 4.75. The Kier molecular flexibility index (Phi) is 8.60. The molecule has 2 aliphatic carbocycles. The third kappa shape index (κ3) is 6.22. The number of pyridine rings is 1. The molecule has 0 spiro atoms. The number of nitrogens with zero attached hydrogens (tertiary/aromatic N) is 1. The third-order valence-corrected chi connectivity index (χ3v) is 14.3. The Bertz CT molecular complexity index is 3230. The van der Waals surface area contributed by atoms with Crippen LogP contribution in [0.25, 0.3) is 110 Å². The van der Waals surface area contributed by atoms with Crippen molar-refractivity contribution in [2.75, 3.05) is 0 Å². The maximum Gasteiger partial charge on any atom is 0.0702 e. The van der Waals surface area contributed by atoms with Crippen molar-refractivity contribution in [3.05, 3.63) is 162 Å². The lowest BCUT2D eigenvalue weighted by Gasteiger charge is -2.29. The van der Waals surface area contributed by atoms with E-state index in [1.807, 2.05) is 12.3 Å². The smallest absolute Gasteiger partial charge is 0.0702 e. The standard InChI is InChI=1S/C63H59N/c1-60(2,3)41-27-39(28-42(34-41)61(4,5)6)54-51-31-36-17-13-14-18-37(36)32-52(51)55(40-29-43(62(7,8)9)35-44(30-40)63(10,11)12)59-49-25-23-47-50-33-38(53-19-15-16-26-64-53)20-21-45(50)46-22-24-48(58(54)59)57(49)56(46)47/h13-35H,1-12H3. The summed E-state index contributed by atoms with van der Waals surface area (Å²) in [5.41, 5.74) is 23.3. The van der Waals surface area contributed by atoms with Gasteiger partial charge in [0, 0.05) is 11.8 Å². The lowest BCUT2D eigenvalue weighted by Crippen LogP contribution is -2.17. The normalized spacial score (nSPS) is 13.3. The van der Waals surface area contributed by atoms with Crippen molar-refractivity contribution >= 4 is 32.3 Å². The summed E-state index contributed by atoms with van der Waals surface area (Å²) in [7, 11) is 0. The van der Waals surface area contributed by atoms with Crippen LogP contribution < -0.4 is 0 Å². The molecule has 0 fully saturated rings. The third-order valence-electron chi connectivity index (χ3n) is 14.3. The van der Waals surface area contributed by atoms with Gasteiger partial charge in [0.25, 0.3) is 0 Å². The first-order valence-electron chi connectivity index (χ1n) is 23.3. The summed E-state index contributed by atoms with van der Waals surface area (Å²) in [5.74, 6) is 0. The van der Waals surface area contributed by atoms with Gasteiger partial charge in [-0.3, -0.25) is 4.98 Å². The summed E-state index contributed by atoms with van der Waals surface area (Å²) in [6.07, 6.45) is 1.89. The van der Waals surface area contributed by atoms with Gasteiger partial charge in [-0.05, 0) is 173 Å². The first-order valence-corrected chi connectivity index (χ1v) is 23.3. The predicted octanol–water partition coefficient (Wildman–Crippen LogP) is 18.0. The van der Waals surface area contributed by atoms with Crippen LogP contribution in [0.5, 0.6) is 0 Å². The predicted molar refractivity (Wildman–Crippen MR) is 277 cm³/mol. The van der Waals surface area contributed by atoms with Crippen LogP contribution in [-0.4, -0.2) is 4.98 Å². The van der Waals surface area contributed by atoms with Crippen LogP contribution in [0.15, 0.2) is 140 Å². The van der Waals surface area contributed by atoms with E-state index >= 15 is 0 Å². The van der Waals surface area contributed by atoms with E-state index in [1.54, 1.807) is 0 Å². The van der Waals surface area contributed by atoms with Crippen molar-refractivity contribution in [1.82, 2.24) is 4.98 Å². The largest absolute Gasteiger partial charge is 0.256 e. The molecule has 2 aliphatic rings. The second-order valence-electron chi connectivity index (χ2n) is 22.9. The van der Waals surface area contributed by atoms with Crippen LogP contribution in [0.4, 0.5) is 0 Å². The zero-order valence-electron chi connectivity index (χ0n) is 39.7. The Labute approximate surface area is 380 Å². The zero-order chi connectivity index (χ0) is 44.8. The number of hydrogen-bond donors (Lipinski definition) is 0. The fraction of sp³-hybridized carbons (Fsp3) is 0.254. The Morgan fingerprint density at radius 2 is 0.719 bits per heavy atom. The van der Waals surface area contributed by atoms with E-state index in [4.69, 9.17) is 4.98 Å². The fourth-order valence-corrected chi connectivity index (χ4v) is 10.6. The molecule has 0 bridgehead atoms. The second kappa shape index (κ2) is 13.6. The van der Waals surface area contributed by atoms with Crippen molar-refractivity contribution in [3.8, 4) is 78.0 Å². The van der Waals surface area contributed by atoms with Gasteiger partial charge in [0.2, 0.25) is 0 Å². The van der Waals surface area contributed by atoms with Crippen LogP contribution in [-0.2, 0) is 21.7 Å². The maximum atomic E-state index is 4.75. The number of benzene rings is 8. The molecule has 1 heterocycles. The summed E-state index contributed by atoms with van der Waals surface area (Å²) < 4.78 is 0. The van der Waals surface area contributed by atoms with Crippen molar-refractivity contribution in [2.24, 2.45) is 0 Å². The first-order chi connectivity index (χ1) is 30.3. The average Bonchev–Trinajstić information content (AvgIpc) is 3.75. The molecule has 11 rings (SSSR count). The van der Waals surface area contributed by atoms with Crippen molar-refractivity contribution in [1.29, 1.82) is 0 Å². The average molecular weight is 830 g/mol. The van der Waals surface area contributed by atoms with Crippen LogP contribution in [0, 0.1) is 0 Å². The maximum absolute atomic E-state index is 4.75. The molecule has 64 heavy (non-hydrogen) atoms. The first kappa shape index (κ1) is 40.5. The fourth-order valence-electron chi connectivity index (χ4n) is 10.6. The summed E-state index contributed by atoms with van der Waals surface area (Å²) in [6, 6.07) is 51.9. The van der Waals surface area contributed by atoms with Gasteiger partial charge >= 0.3 is 0 Å². The van der Waals surface area contributed by atoms with Crippen molar-refractivity contribution in [3.63, 3.8) is 0 Å². The van der Waals surface area contributed by atoms with Gasteiger partial charge in [0.1, 0.15) is 0 Å². The van der Waals surface area contributed by atoms with E-state index in [9.17, 15) is 0 Å². The molecule has 0 unspecified atom stereocenters. The number of fused-ring (bicyclic) bond motifs is 8. The monoisotopic (exact) mass is 829 g/mol. The van der Waals surface area contributed by atoms with Crippen molar-refractivity contribution in [2.45, 2.75) is 105 Å². The molecule has 0 radical (unpaired) electrons. The van der Waals surface area contributed by atoms with Crippen LogP contribution >= 0.6 is 0 Å². The Morgan fingerprint density at radius 1 is 0.312 bits per heavy atom. The molecule has 0 N–H and O–H groups in total. The Balaban J connectivity index is 1.33. The molecule has 0 aliphatic heterocycles. The molecule has 1 nitrogen and oxygen atoms in total. The molecule has 8 aromatic carbocycles. The lowest BCUT2D eigenvalue weighted by molar-refractivity contribution is 0.568. The second-order valence-corrected chi connectivity index (χ2v) is 22.9. The van der Waals surface area contributed by atoms with Crippen LogP contribution in [0.3, 0.4) is 0 Å². The number of rotatable bonds is 3. The van der Waals surface area contributed by atoms with Gasteiger partial charge in [0.05, 0.1) is 5.69 Å². The van der Waals surface area contributed by atoms with Crippen molar-refractivity contribution < 1.29 is 0 Å². The minimum atomic E-state index is -0.0379. The Morgan fingerprint density at radius 3 is 1.16 bits per heavy atom. The van der Waals surface area contributed by atoms with Gasteiger partial charge in [-0.25, -0.2) is 0 Å². The summed E-state index contributed by atoms with van der Waals surface area (Å²) >= 11 is 0. The van der Waals surface area contributed by atoms with E-state index < -0.39 is 0 Å². The number of hydrogen-bond acceptors (Lipinski definition) is 1. The molecule has 1 heteroatoms. The highest BCUT2D eigenvalue weighted by molar-refractivity contribution is 6.33. The van der Waals surface area contributed by atoms with Crippen LogP contribution in [0.1, 0.15) is 105 Å². The highest BCUT2D eigenvalue weighted by Crippen LogP contribution is 2.62. The molecule has 1 aromatic heterocycles. The quantitative estimate of drug-likeness (QED) is 0.162. The minimum Gasteiger partial charge on any atom is -0.256 e. The summed E-state index contributed by atoms with van der Waals surface area (Å²) in [6.45, 7) is 28.3. The van der Waals surface area contributed by atoms with E-state index in [-0.39, 0.29) is 21.7 Å². The van der Waals surface area contributed by atoms with Gasteiger partial charge in [-0.2, -0.15) is 0 Å². The van der Waals surface area contributed by atoms with E-state index in [1.165, 1.54) is 121 Å². The van der Waals surface area contributed by atoms with E-state index in [0.717, 1.165) is 11.3 Å². The molecule has 316 valence electrons. The molecule has 9 aromatic rings. The van der Waals surface area contributed by atoms with Gasteiger partial charge in [0.15, 0.2) is 0 Å². The molecule has 0 saturated heterocycles. The minimum absolute atomic E-state index is 0.0379. The van der Waals surface area contributed by atoms with Gasteiger partial charge in [-0.1, -0.05) is 186 Å². The van der Waals surface area contributed by atoms with Gasteiger partial charge < -0.3 is 0 Å². The van der Waals surface area contributed by atoms with Crippen LogP contribution in [0.2, 0.25) is 0 Å². The topological polar surface area (TPSA) is 12.9 Å². The lowest BCUT2D eigenvalue weighted by atomic mass is 9.75. The summed E-state index contributed by atoms with van der Waals surface area (Å²) in [5, 5.41) is 7.87. The molecule has 0 amide bonds. The molecular weight excluding hydrogens is 771 g/mol. The highest BCUT2D eigenvalue weighted by Gasteiger charge is 2.36. The molecule has 0 saturated carbocycles. The SMILES string of the molecule is CC(C)(C)c1cc(-c2c3c(c(-c4cc(C(C)(C)C)cc(C(C)(C)C)c4)c4cc5ccccc5cc24)-c2ccc4c5c(ccc-3c25)-c2ccc(-c3ccccn3)cc2-4)cc(C(C)(C)C)c1. The molecule has 0 atom stereocenters. The number of aromatic nitrogens is 1. The molecular formula is C63H59N. The van der Waals surface area contributed by atoms with Gasteiger partial charge in [-0.15, -0.1) is 0 Å². The van der Waals surface area contributed by atoms with E-state index in [0.29, 0.717) is 0 Å². The highest BCUT2D eigenvalue weighted by atomic mass is 14.7. The zero-order valence-corrected chi connectivity index (χ0v) is 39.7. The Hall–Kier alpha value is -6.31. The van der Waals surface area contributed by atoms with E-state index in [2.05, 4.69) is 210 Å².